The van der Waals surface area contributed by atoms with Crippen LogP contribution in [0.4, 0.5) is 8.78 Å². The van der Waals surface area contributed by atoms with E-state index in [9.17, 15) is 18.4 Å². The fraction of sp³-hybridized carbons (Fsp3) is 0.391. The molecule has 1 fully saturated rings. The van der Waals surface area contributed by atoms with Gasteiger partial charge in [-0.05, 0) is 43.9 Å². The molecule has 30 heavy (non-hydrogen) atoms. The molecule has 0 spiro atoms. The second-order valence-corrected chi connectivity index (χ2v) is 7.50. The number of likely N-dealkylation sites (tertiary alicyclic amines) is 1. The van der Waals surface area contributed by atoms with Crippen molar-refractivity contribution in [2.24, 2.45) is 5.92 Å². The Hall–Kier alpha value is -2.96. The van der Waals surface area contributed by atoms with Crippen molar-refractivity contribution in [2.75, 3.05) is 19.6 Å². The molecule has 7 heteroatoms. The summed E-state index contributed by atoms with van der Waals surface area (Å²) in [5, 5.41) is 2.96. The Morgan fingerprint density at radius 1 is 1.20 bits per heavy atom. The van der Waals surface area contributed by atoms with Gasteiger partial charge in [-0.25, -0.2) is 0 Å². The van der Waals surface area contributed by atoms with Crippen molar-refractivity contribution in [3.8, 4) is 5.75 Å². The van der Waals surface area contributed by atoms with Gasteiger partial charge in [0.15, 0.2) is 0 Å². The van der Waals surface area contributed by atoms with Gasteiger partial charge in [-0.15, -0.1) is 0 Å². The number of piperidine rings is 1. The van der Waals surface area contributed by atoms with Gasteiger partial charge in [0.1, 0.15) is 5.75 Å². The first-order valence-corrected chi connectivity index (χ1v) is 10.1. The van der Waals surface area contributed by atoms with Crippen molar-refractivity contribution in [3.05, 3.63) is 65.2 Å². The number of carbonyl (C=O) groups excluding carboxylic acids is 2. The van der Waals surface area contributed by atoms with E-state index < -0.39 is 12.5 Å². The van der Waals surface area contributed by atoms with Gasteiger partial charge in [0, 0.05) is 19.6 Å². The third kappa shape index (κ3) is 5.78. The Bertz CT molecular complexity index is 888. The maximum absolute atomic E-state index is 12.9. The molecule has 0 aromatic heterocycles. The molecule has 1 aliphatic rings. The van der Waals surface area contributed by atoms with Crippen molar-refractivity contribution in [2.45, 2.75) is 32.8 Å². The number of alkyl halides is 2. The van der Waals surface area contributed by atoms with Gasteiger partial charge in [-0.2, -0.15) is 8.78 Å². The number of hydrogen-bond acceptors (Lipinski definition) is 3. The number of carbonyl (C=O) groups is 2. The van der Waals surface area contributed by atoms with E-state index in [0.29, 0.717) is 25.9 Å². The van der Waals surface area contributed by atoms with E-state index in [2.05, 4.69) is 16.1 Å². The Morgan fingerprint density at radius 2 is 2.00 bits per heavy atom. The zero-order valence-corrected chi connectivity index (χ0v) is 16.9. The van der Waals surface area contributed by atoms with Crippen LogP contribution < -0.4 is 10.1 Å². The van der Waals surface area contributed by atoms with Gasteiger partial charge in [-0.1, -0.05) is 42.0 Å². The fourth-order valence-corrected chi connectivity index (χ4v) is 3.73. The van der Waals surface area contributed by atoms with Crippen LogP contribution in [0.5, 0.6) is 5.75 Å². The third-order valence-electron chi connectivity index (χ3n) is 5.21. The lowest BCUT2D eigenvalue weighted by Gasteiger charge is -2.32. The molecule has 0 bridgehead atoms. The van der Waals surface area contributed by atoms with Crippen molar-refractivity contribution < 1.29 is 23.1 Å². The topological polar surface area (TPSA) is 58.6 Å². The molecule has 0 saturated carbocycles. The van der Waals surface area contributed by atoms with E-state index in [1.54, 1.807) is 11.0 Å². The van der Waals surface area contributed by atoms with E-state index >= 15 is 0 Å². The second-order valence-electron chi connectivity index (χ2n) is 7.50. The van der Waals surface area contributed by atoms with Crippen LogP contribution in [0, 0.1) is 12.8 Å². The summed E-state index contributed by atoms with van der Waals surface area (Å²) >= 11 is 0. The van der Waals surface area contributed by atoms with Crippen LogP contribution in [-0.2, 0) is 11.2 Å². The summed E-state index contributed by atoms with van der Waals surface area (Å²) in [6.07, 6.45) is 2.11. The number of ether oxygens (including phenoxy) is 1. The van der Waals surface area contributed by atoms with E-state index in [0.717, 1.165) is 12.0 Å². The first-order chi connectivity index (χ1) is 14.4. The number of nitrogens with one attached hydrogen (secondary N) is 1. The number of rotatable bonds is 7. The highest BCUT2D eigenvalue weighted by Crippen LogP contribution is 2.25. The molecule has 3 rings (SSSR count). The van der Waals surface area contributed by atoms with Crippen LogP contribution in [0.15, 0.2) is 48.5 Å². The largest absolute Gasteiger partial charge is 0.434 e. The SMILES string of the molecule is Cc1cccc(CCNC(=O)C2CCCN(C(=O)c3ccccc3OC(F)F)C2)c1. The monoisotopic (exact) mass is 416 g/mol. The maximum Gasteiger partial charge on any atom is 0.387 e. The van der Waals surface area contributed by atoms with Crippen molar-refractivity contribution >= 4 is 11.8 Å². The molecular formula is C23H26F2N2O3. The predicted octanol–water partition coefficient (Wildman–Crippen LogP) is 3.81. The molecule has 2 aromatic rings. The van der Waals surface area contributed by atoms with Crippen LogP contribution in [0.1, 0.15) is 34.3 Å². The van der Waals surface area contributed by atoms with E-state index in [-0.39, 0.29) is 29.7 Å². The molecule has 0 aliphatic carbocycles. The minimum Gasteiger partial charge on any atom is -0.434 e. The number of benzene rings is 2. The smallest absolute Gasteiger partial charge is 0.387 e. The first-order valence-electron chi connectivity index (χ1n) is 10.1. The summed E-state index contributed by atoms with van der Waals surface area (Å²) in [6, 6.07) is 14.1. The second kappa shape index (κ2) is 10.2. The molecule has 2 aromatic carbocycles. The predicted molar refractivity (Wildman–Crippen MR) is 110 cm³/mol. The Labute approximate surface area is 175 Å². The quantitative estimate of drug-likeness (QED) is 0.747. The van der Waals surface area contributed by atoms with Gasteiger partial charge >= 0.3 is 6.61 Å². The molecule has 1 atom stereocenters. The molecular weight excluding hydrogens is 390 g/mol. The Morgan fingerprint density at radius 3 is 2.77 bits per heavy atom. The average molecular weight is 416 g/mol. The molecule has 1 heterocycles. The lowest BCUT2D eigenvalue weighted by molar-refractivity contribution is -0.126. The van der Waals surface area contributed by atoms with Gasteiger partial charge in [0.05, 0.1) is 11.5 Å². The van der Waals surface area contributed by atoms with Crippen molar-refractivity contribution in [1.29, 1.82) is 0 Å². The number of para-hydroxylation sites is 1. The summed E-state index contributed by atoms with van der Waals surface area (Å²) in [5.41, 5.74) is 2.42. The summed E-state index contributed by atoms with van der Waals surface area (Å²) in [6.45, 7) is 0.289. The molecule has 1 aliphatic heterocycles. The summed E-state index contributed by atoms with van der Waals surface area (Å²) < 4.78 is 29.7. The fourth-order valence-electron chi connectivity index (χ4n) is 3.73. The summed E-state index contributed by atoms with van der Waals surface area (Å²) in [4.78, 5) is 27.0. The Balaban J connectivity index is 1.57. The molecule has 2 amide bonds. The number of amides is 2. The van der Waals surface area contributed by atoms with E-state index in [1.807, 2.05) is 25.1 Å². The van der Waals surface area contributed by atoms with Crippen LogP contribution in [0.3, 0.4) is 0 Å². The number of nitrogens with zero attached hydrogens (tertiary/aromatic N) is 1. The van der Waals surface area contributed by atoms with Gasteiger partial charge in [-0.3, -0.25) is 9.59 Å². The first kappa shape index (κ1) is 21.7. The molecule has 5 nitrogen and oxygen atoms in total. The van der Waals surface area contributed by atoms with Gasteiger partial charge in [0.2, 0.25) is 5.91 Å². The zero-order chi connectivity index (χ0) is 21.5. The molecule has 160 valence electrons. The van der Waals surface area contributed by atoms with Crippen LogP contribution >= 0.6 is 0 Å². The van der Waals surface area contributed by atoms with Crippen LogP contribution in [0.2, 0.25) is 0 Å². The van der Waals surface area contributed by atoms with Gasteiger partial charge < -0.3 is 15.0 Å². The number of hydrogen-bond donors (Lipinski definition) is 1. The van der Waals surface area contributed by atoms with Crippen LogP contribution in [-0.4, -0.2) is 43.0 Å². The molecule has 1 saturated heterocycles. The van der Waals surface area contributed by atoms with Gasteiger partial charge in [0.25, 0.3) is 5.91 Å². The minimum atomic E-state index is -3.01. The minimum absolute atomic E-state index is 0.0818. The van der Waals surface area contributed by atoms with E-state index in [1.165, 1.54) is 23.8 Å². The standard InChI is InChI=1S/C23H26F2N2O3/c1-16-6-4-7-17(14-16)11-12-26-21(28)18-8-5-13-27(15-18)22(29)19-9-2-3-10-20(19)30-23(24)25/h2-4,6-7,9-10,14,18,23H,5,8,11-13,15H2,1H3,(H,26,28). The van der Waals surface area contributed by atoms with E-state index in [4.69, 9.17) is 0 Å². The lowest BCUT2D eigenvalue weighted by Crippen LogP contribution is -2.45. The zero-order valence-electron chi connectivity index (χ0n) is 16.9. The molecule has 1 N–H and O–H groups in total. The highest BCUT2D eigenvalue weighted by atomic mass is 19.3. The normalized spacial score (nSPS) is 16.4. The highest BCUT2D eigenvalue weighted by Gasteiger charge is 2.30. The number of halogens is 2. The lowest BCUT2D eigenvalue weighted by atomic mass is 9.96. The summed E-state index contributed by atoms with van der Waals surface area (Å²) in [7, 11) is 0. The highest BCUT2D eigenvalue weighted by molar-refractivity contribution is 5.97. The average Bonchev–Trinajstić information content (AvgIpc) is 2.73. The van der Waals surface area contributed by atoms with Crippen LogP contribution in [0.25, 0.3) is 0 Å². The number of aryl methyl sites for hydroxylation is 1. The molecule has 0 radical (unpaired) electrons. The Kier molecular flexibility index (Phi) is 7.38. The van der Waals surface area contributed by atoms with Crippen molar-refractivity contribution in [1.82, 2.24) is 10.2 Å². The summed E-state index contributed by atoms with van der Waals surface area (Å²) in [5.74, 6) is -0.952. The molecule has 1 unspecified atom stereocenters. The van der Waals surface area contributed by atoms with Crippen molar-refractivity contribution in [3.63, 3.8) is 0 Å². The third-order valence-corrected chi connectivity index (χ3v) is 5.21. The maximum atomic E-state index is 12.9.